The number of rotatable bonds is 6. The Hall–Kier alpha value is -1.10. The van der Waals surface area contributed by atoms with Crippen LogP contribution in [0.15, 0.2) is 0 Å². The van der Waals surface area contributed by atoms with Gasteiger partial charge in [-0.05, 0) is 31.9 Å². The fourth-order valence-corrected chi connectivity index (χ4v) is 1.73. The van der Waals surface area contributed by atoms with Gasteiger partial charge in [-0.1, -0.05) is 6.92 Å². The average Bonchev–Trinajstić information content (AvgIpc) is 2.30. The Kier molecular flexibility index (Phi) is 5.41. The van der Waals surface area contributed by atoms with E-state index in [1.165, 1.54) is 0 Å². The van der Waals surface area contributed by atoms with Crippen LogP contribution in [0.5, 0.6) is 0 Å². The van der Waals surface area contributed by atoms with Crippen LogP contribution in [0.1, 0.15) is 27.2 Å². The van der Waals surface area contributed by atoms with Gasteiger partial charge in [-0.25, -0.2) is 0 Å². The Bertz CT molecular complexity index is 354. The normalized spacial score (nSPS) is 10.4. The van der Waals surface area contributed by atoms with Crippen LogP contribution in [0.2, 0.25) is 5.28 Å². The van der Waals surface area contributed by atoms with Gasteiger partial charge in [0.2, 0.25) is 17.2 Å². The van der Waals surface area contributed by atoms with Gasteiger partial charge in [-0.15, -0.1) is 0 Å². The Labute approximate surface area is 108 Å². The minimum atomic E-state index is 0.250. The minimum absolute atomic E-state index is 0.250. The van der Waals surface area contributed by atoms with Gasteiger partial charge in [0.1, 0.15) is 0 Å². The van der Waals surface area contributed by atoms with Crippen LogP contribution in [0.3, 0.4) is 0 Å². The zero-order valence-electron chi connectivity index (χ0n) is 10.9. The summed E-state index contributed by atoms with van der Waals surface area (Å²) in [6.07, 6.45) is 1.04. The molecule has 0 atom stereocenters. The molecule has 1 rings (SSSR count). The van der Waals surface area contributed by atoms with Crippen LogP contribution in [-0.4, -0.2) is 41.6 Å². The molecule has 0 saturated heterocycles. The van der Waals surface area contributed by atoms with Crippen LogP contribution in [0, 0.1) is 0 Å². The highest BCUT2D eigenvalue weighted by Crippen LogP contribution is 2.15. The first-order valence-corrected chi connectivity index (χ1v) is 6.37. The summed E-state index contributed by atoms with van der Waals surface area (Å²) in [5, 5.41) is 0.250. The molecule has 0 radical (unpaired) electrons. The third kappa shape index (κ3) is 3.70. The zero-order valence-corrected chi connectivity index (χ0v) is 11.7. The van der Waals surface area contributed by atoms with Crippen LogP contribution in [0.25, 0.3) is 0 Å². The summed E-state index contributed by atoms with van der Waals surface area (Å²) < 4.78 is 0. The van der Waals surface area contributed by atoms with Gasteiger partial charge in [0.15, 0.2) is 0 Å². The predicted octanol–water partition coefficient (Wildman–Crippen LogP) is 2.22. The molecule has 6 heteroatoms. The molecular formula is C11H20ClN5. The summed E-state index contributed by atoms with van der Waals surface area (Å²) in [6.45, 7) is 8.86. The molecule has 0 aliphatic heterocycles. The van der Waals surface area contributed by atoms with Crippen molar-refractivity contribution in [1.29, 1.82) is 0 Å². The average molecular weight is 258 g/mol. The second-order valence-electron chi connectivity index (χ2n) is 3.80. The van der Waals surface area contributed by atoms with E-state index in [1.54, 1.807) is 0 Å². The molecule has 0 unspecified atom stereocenters. The lowest BCUT2D eigenvalue weighted by Crippen LogP contribution is -2.27. The summed E-state index contributed by atoms with van der Waals surface area (Å²) in [4.78, 5) is 16.8. The Morgan fingerprint density at radius 3 is 2.12 bits per heavy atom. The van der Waals surface area contributed by atoms with Gasteiger partial charge in [-0.2, -0.15) is 15.0 Å². The van der Waals surface area contributed by atoms with Crippen molar-refractivity contribution < 1.29 is 0 Å². The number of halogens is 1. The standard InChI is InChI=1S/C11H20ClN5/c1-5-8-16(4)10-13-9(12)14-11(15-10)17(6-2)7-3/h5-8H2,1-4H3. The highest BCUT2D eigenvalue weighted by molar-refractivity contribution is 6.28. The molecule has 0 spiro atoms. The van der Waals surface area contributed by atoms with E-state index in [9.17, 15) is 0 Å². The number of hydrogen-bond acceptors (Lipinski definition) is 5. The lowest BCUT2D eigenvalue weighted by molar-refractivity contribution is 0.779. The van der Waals surface area contributed by atoms with Gasteiger partial charge in [0.25, 0.3) is 0 Å². The molecule has 1 heterocycles. The third-order valence-electron chi connectivity index (χ3n) is 2.53. The summed E-state index contributed by atoms with van der Waals surface area (Å²) >= 11 is 5.94. The summed E-state index contributed by atoms with van der Waals surface area (Å²) in [6, 6.07) is 0. The zero-order chi connectivity index (χ0) is 12.8. The van der Waals surface area contributed by atoms with E-state index in [4.69, 9.17) is 11.6 Å². The van der Waals surface area contributed by atoms with E-state index >= 15 is 0 Å². The molecular weight excluding hydrogens is 238 g/mol. The van der Waals surface area contributed by atoms with Crippen molar-refractivity contribution in [1.82, 2.24) is 15.0 Å². The molecule has 0 N–H and O–H groups in total. The lowest BCUT2D eigenvalue weighted by Gasteiger charge is -2.21. The van der Waals surface area contributed by atoms with Gasteiger partial charge in [0, 0.05) is 26.7 Å². The van der Waals surface area contributed by atoms with Crippen molar-refractivity contribution >= 4 is 23.5 Å². The molecule has 5 nitrogen and oxygen atoms in total. The van der Waals surface area contributed by atoms with Gasteiger partial charge < -0.3 is 9.80 Å². The van der Waals surface area contributed by atoms with Gasteiger partial charge in [0.05, 0.1) is 0 Å². The molecule has 0 bridgehead atoms. The van der Waals surface area contributed by atoms with Crippen molar-refractivity contribution in [2.45, 2.75) is 27.2 Å². The smallest absolute Gasteiger partial charge is 0.231 e. The molecule has 0 saturated carbocycles. The van der Waals surface area contributed by atoms with Crippen LogP contribution >= 0.6 is 11.6 Å². The molecule has 96 valence electrons. The Balaban J connectivity index is 3.00. The number of nitrogens with zero attached hydrogens (tertiary/aromatic N) is 5. The first-order chi connectivity index (χ1) is 8.12. The molecule has 0 aromatic carbocycles. The highest BCUT2D eigenvalue weighted by atomic mass is 35.5. The van der Waals surface area contributed by atoms with E-state index in [0.717, 1.165) is 26.1 Å². The molecule has 0 amide bonds. The summed E-state index contributed by atoms with van der Waals surface area (Å²) in [5.74, 6) is 1.28. The van der Waals surface area contributed by atoms with E-state index in [-0.39, 0.29) is 5.28 Å². The van der Waals surface area contributed by atoms with Crippen LogP contribution in [-0.2, 0) is 0 Å². The molecule has 1 aromatic rings. The maximum Gasteiger partial charge on any atom is 0.231 e. The monoisotopic (exact) mass is 257 g/mol. The van der Waals surface area contributed by atoms with E-state index in [1.807, 2.05) is 11.9 Å². The topological polar surface area (TPSA) is 45.2 Å². The molecule has 0 aliphatic rings. The van der Waals surface area contributed by atoms with Crippen LogP contribution < -0.4 is 9.80 Å². The first kappa shape index (κ1) is 14.0. The Morgan fingerprint density at radius 1 is 1.00 bits per heavy atom. The first-order valence-electron chi connectivity index (χ1n) is 6.00. The van der Waals surface area contributed by atoms with Gasteiger partial charge >= 0.3 is 0 Å². The highest BCUT2D eigenvalue weighted by Gasteiger charge is 2.12. The van der Waals surface area contributed by atoms with E-state index in [0.29, 0.717) is 11.9 Å². The number of aromatic nitrogens is 3. The second kappa shape index (κ2) is 6.59. The third-order valence-corrected chi connectivity index (χ3v) is 2.70. The van der Waals surface area contributed by atoms with Crippen molar-refractivity contribution in [2.75, 3.05) is 36.5 Å². The Morgan fingerprint density at radius 2 is 1.59 bits per heavy atom. The largest absolute Gasteiger partial charge is 0.344 e. The molecule has 17 heavy (non-hydrogen) atoms. The number of anilines is 2. The lowest BCUT2D eigenvalue weighted by atomic mass is 10.4. The summed E-state index contributed by atoms with van der Waals surface area (Å²) in [5.41, 5.74) is 0. The van der Waals surface area contributed by atoms with Crippen molar-refractivity contribution in [3.05, 3.63) is 5.28 Å². The maximum absolute atomic E-state index is 5.94. The molecule has 1 aromatic heterocycles. The molecule has 0 aliphatic carbocycles. The van der Waals surface area contributed by atoms with E-state index in [2.05, 4.69) is 40.6 Å². The fourth-order valence-electron chi connectivity index (χ4n) is 1.58. The summed E-state index contributed by atoms with van der Waals surface area (Å²) in [7, 11) is 1.96. The molecule has 0 fully saturated rings. The second-order valence-corrected chi connectivity index (χ2v) is 4.14. The van der Waals surface area contributed by atoms with Crippen LogP contribution in [0.4, 0.5) is 11.9 Å². The predicted molar refractivity (Wildman–Crippen MR) is 72.0 cm³/mol. The number of hydrogen-bond donors (Lipinski definition) is 0. The van der Waals surface area contributed by atoms with Gasteiger partial charge in [-0.3, -0.25) is 0 Å². The SMILES string of the molecule is CCCN(C)c1nc(Cl)nc(N(CC)CC)n1. The van der Waals surface area contributed by atoms with Crippen molar-refractivity contribution in [2.24, 2.45) is 0 Å². The van der Waals surface area contributed by atoms with E-state index < -0.39 is 0 Å². The van der Waals surface area contributed by atoms with Crippen molar-refractivity contribution in [3.8, 4) is 0 Å². The maximum atomic E-state index is 5.94. The fraction of sp³-hybridized carbons (Fsp3) is 0.727. The quantitative estimate of drug-likeness (QED) is 0.782. The van der Waals surface area contributed by atoms with Crippen molar-refractivity contribution in [3.63, 3.8) is 0 Å². The minimum Gasteiger partial charge on any atom is -0.344 e.